The van der Waals surface area contributed by atoms with E-state index in [-0.39, 0.29) is 6.61 Å². The molecule has 0 unspecified atom stereocenters. The van der Waals surface area contributed by atoms with Crippen molar-refractivity contribution in [1.29, 1.82) is 0 Å². The summed E-state index contributed by atoms with van der Waals surface area (Å²) < 4.78 is 15.0. The number of ether oxygens (including phenoxy) is 3. The van der Waals surface area contributed by atoms with Gasteiger partial charge in [-0.1, -0.05) is 0 Å². The third-order valence-electron chi connectivity index (χ3n) is 2.02. The number of hydrogen-bond donors (Lipinski definition) is 1. The molecule has 100 valence electrons. The second kappa shape index (κ2) is 8.60. The van der Waals surface area contributed by atoms with E-state index in [1.165, 1.54) is 0 Å². The largest absolute Gasteiger partial charge is 0.497 e. The quantitative estimate of drug-likeness (QED) is 0.613. The molecule has 0 fully saturated rings. The second-order valence-electron chi connectivity index (χ2n) is 3.29. The number of methoxy groups -OCH3 is 1. The zero-order valence-electron chi connectivity index (χ0n) is 10.1. The maximum atomic E-state index is 11.4. The predicted octanol–water partition coefficient (Wildman–Crippen LogP) is 2.50. The van der Waals surface area contributed by atoms with Crippen LogP contribution in [0.1, 0.15) is 0 Å². The highest BCUT2D eigenvalue weighted by molar-refractivity contribution is 6.17. The Morgan fingerprint density at radius 2 is 1.94 bits per heavy atom. The highest BCUT2D eigenvalue weighted by atomic mass is 35.5. The van der Waals surface area contributed by atoms with Gasteiger partial charge in [0.15, 0.2) is 0 Å². The number of alkyl halides is 1. The molecule has 0 atom stereocenters. The molecule has 5 nitrogen and oxygen atoms in total. The fourth-order valence-electron chi connectivity index (χ4n) is 1.18. The minimum absolute atomic E-state index is 0.193. The van der Waals surface area contributed by atoms with Crippen molar-refractivity contribution < 1.29 is 19.0 Å². The average molecular weight is 274 g/mol. The van der Waals surface area contributed by atoms with E-state index >= 15 is 0 Å². The molecule has 1 rings (SSSR count). The number of carbonyl (C=O) groups excluding carboxylic acids is 1. The summed E-state index contributed by atoms with van der Waals surface area (Å²) in [5.74, 6) is 1.15. The van der Waals surface area contributed by atoms with Gasteiger partial charge in [-0.05, 0) is 24.3 Å². The molecular formula is C12H16ClNO4. The average Bonchev–Trinajstić information content (AvgIpc) is 2.39. The van der Waals surface area contributed by atoms with Crippen LogP contribution in [0.5, 0.6) is 5.75 Å². The van der Waals surface area contributed by atoms with E-state index in [4.69, 9.17) is 25.8 Å². The molecule has 0 saturated carbocycles. The standard InChI is InChI=1S/C12H16ClNO4/c1-16-11-4-2-10(3-5-11)14-12(15)18-9-8-17-7-6-13/h2-5H,6-9H2,1H3,(H,14,15). The van der Waals surface area contributed by atoms with Crippen molar-refractivity contribution in [2.75, 3.05) is 38.1 Å². The minimum atomic E-state index is -0.519. The Bertz CT molecular complexity index is 356. The Morgan fingerprint density at radius 1 is 1.22 bits per heavy atom. The van der Waals surface area contributed by atoms with Gasteiger partial charge in [0.05, 0.1) is 20.3 Å². The molecule has 0 radical (unpaired) electrons. The van der Waals surface area contributed by atoms with Gasteiger partial charge in [0.1, 0.15) is 12.4 Å². The molecule has 0 aliphatic heterocycles. The van der Waals surface area contributed by atoms with Gasteiger partial charge in [-0.3, -0.25) is 5.32 Å². The smallest absolute Gasteiger partial charge is 0.411 e. The molecule has 0 saturated heterocycles. The van der Waals surface area contributed by atoms with E-state index in [1.807, 2.05) is 0 Å². The molecule has 0 aliphatic rings. The number of rotatable bonds is 7. The number of anilines is 1. The first-order valence-corrected chi connectivity index (χ1v) is 6.01. The molecule has 1 N–H and O–H groups in total. The Balaban J connectivity index is 2.22. The Morgan fingerprint density at radius 3 is 2.56 bits per heavy atom. The van der Waals surface area contributed by atoms with Gasteiger partial charge in [-0.2, -0.15) is 0 Å². The van der Waals surface area contributed by atoms with Crippen molar-refractivity contribution in [3.63, 3.8) is 0 Å². The lowest BCUT2D eigenvalue weighted by molar-refractivity contribution is 0.0859. The van der Waals surface area contributed by atoms with E-state index in [2.05, 4.69) is 5.32 Å². The van der Waals surface area contributed by atoms with E-state index in [9.17, 15) is 4.79 Å². The third kappa shape index (κ3) is 5.75. The van der Waals surface area contributed by atoms with Crippen LogP contribution in [0.3, 0.4) is 0 Å². The van der Waals surface area contributed by atoms with Crippen molar-refractivity contribution in [3.05, 3.63) is 24.3 Å². The SMILES string of the molecule is COc1ccc(NC(=O)OCCOCCCl)cc1. The zero-order valence-corrected chi connectivity index (χ0v) is 10.9. The van der Waals surface area contributed by atoms with E-state index < -0.39 is 6.09 Å². The fraction of sp³-hybridized carbons (Fsp3) is 0.417. The lowest BCUT2D eigenvalue weighted by atomic mass is 10.3. The summed E-state index contributed by atoms with van der Waals surface area (Å²) in [7, 11) is 1.58. The van der Waals surface area contributed by atoms with Crippen LogP contribution in [0.15, 0.2) is 24.3 Å². The highest BCUT2D eigenvalue weighted by Gasteiger charge is 2.02. The van der Waals surface area contributed by atoms with Crippen LogP contribution in [0, 0.1) is 0 Å². The van der Waals surface area contributed by atoms with Crippen LogP contribution < -0.4 is 10.1 Å². The summed E-state index contributed by atoms with van der Waals surface area (Å²) >= 11 is 5.42. The van der Waals surface area contributed by atoms with Crippen molar-refractivity contribution in [3.8, 4) is 5.75 Å². The summed E-state index contributed by atoms with van der Waals surface area (Å²) in [4.78, 5) is 11.4. The van der Waals surface area contributed by atoms with E-state index in [0.717, 1.165) is 5.75 Å². The van der Waals surface area contributed by atoms with Crippen LogP contribution in [0.2, 0.25) is 0 Å². The van der Waals surface area contributed by atoms with Crippen LogP contribution >= 0.6 is 11.6 Å². The van der Waals surface area contributed by atoms with Gasteiger partial charge < -0.3 is 14.2 Å². The summed E-state index contributed by atoms with van der Waals surface area (Å²) in [6.45, 7) is 0.979. The van der Waals surface area contributed by atoms with Gasteiger partial charge in [0, 0.05) is 11.6 Å². The molecule has 0 bridgehead atoms. The molecule has 18 heavy (non-hydrogen) atoms. The number of carbonyl (C=O) groups is 1. The molecule has 0 heterocycles. The van der Waals surface area contributed by atoms with E-state index in [1.54, 1.807) is 31.4 Å². The summed E-state index contributed by atoms with van der Waals surface area (Å²) in [5, 5.41) is 2.59. The lowest BCUT2D eigenvalue weighted by Gasteiger charge is -2.07. The predicted molar refractivity (Wildman–Crippen MR) is 69.5 cm³/mol. The van der Waals surface area contributed by atoms with Gasteiger partial charge >= 0.3 is 6.09 Å². The monoisotopic (exact) mass is 273 g/mol. The molecular weight excluding hydrogens is 258 g/mol. The summed E-state index contributed by atoms with van der Waals surface area (Å²) in [5.41, 5.74) is 0.641. The van der Waals surface area contributed by atoms with Crippen molar-refractivity contribution in [2.45, 2.75) is 0 Å². The molecule has 1 aromatic carbocycles. The first kappa shape index (κ1) is 14.6. The normalized spacial score (nSPS) is 9.89. The second-order valence-corrected chi connectivity index (χ2v) is 3.67. The maximum Gasteiger partial charge on any atom is 0.411 e. The number of halogens is 1. The molecule has 6 heteroatoms. The highest BCUT2D eigenvalue weighted by Crippen LogP contribution is 2.14. The Hall–Kier alpha value is -1.46. The minimum Gasteiger partial charge on any atom is -0.497 e. The van der Waals surface area contributed by atoms with Crippen molar-refractivity contribution >= 4 is 23.4 Å². The van der Waals surface area contributed by atoms with Crippen molar-refractivity contribution in [1.82, 2.24) is 0 Å². The van der Waals surface area contributed by atoms with Gasteiger partial charge in [0.25, 0.3) is 0 Å². The fourth-order valence-corrected chi connectivity index (χ4v) is 1.29. The number of hydrogen-bond acceptors (Lipinski definition) is 4. The number of benzene rings is 1. The van der Waals surface area contributed by atoms with E-state index in [0.29, 0.717) is 24.8 Å². The number of nitrogens with one attached hydrogen (secondary N) is 1. The number of amides is 1. The Kier molecular flexibility index (Phi) is 6.98. The van der Waals surface area contributed by atoms with Gasteiger partial charge in [-0.25, -0.2) is 4.79 Å². The Labute approximate surface area is 111 Å². The first-order valence-electron chi connectivity index (χ1n) is 5.48. The molecule has 0 aliphatic carbocycles. The van der Waals surface area contributed by atoms with Gasteiger partial charge in [-0.15, -0.1) is 11.6 Å². The van der Waals surface area contributed by atoms with Gasteiger partial charge in [0.2, 0.25) is 0 Å². The molecule has 1 aromatic rings. The topological polar surface area (TPSA) is 56.8 Å². The van der Waals surface area contributed by atoms with Crippen LogP contribution in [0.4, 0.5) is 10.5 Å². The third-order valence-corrected chi connectivity index (χ3v) is 2.17. The summed E-state index contributed by atoms with van der Waals surface area (Å²) in [6, 6.07) is 6.95. The molecule has 1 amide bonds. The van der Waals surface area contributed by atoms with Crippen LogP contribution in [-0.4, -0.2) is 38.9 Å². The first-order chi connectivity index (χ1) is 8.76. The zero-order chi connectivity index (χ0) is 13.2. The summed E-state index contributed by atoms with van der Waals surface area (Å²) in [6.07, 6.45) is -0.519. The maximum absolute atomic E-state index is 11.4. The lowest BCUT2D eigenvalue weighted by Crippen LogP contribution is -2.17. The molecule has 0 spiro atoms. The van der Waals surface area contributed by atoms with Crippen LogP contribution in [0.25, 0.3) is 0 Å². The van der Waals surface area contributed by atoms with Crippen LogP contribution in [-0.2, 0) is 9.47 Å². The van der Waals surface area contributed by atoms with Crippen molar-refractivity contribution in [2.24, 2.45) is 0 Å². The molecule has 0 aromatic heterocycles.